The predicted octanol–water partition coefficient (Wildman–Crippen LogP) is 2.86. The lowest BCUT2D eigenvalue weighted by Crippen LogP contribution is -2.02. The molecule has 1 heteroatoms. The maximum atomic E-state index is 11.1. The highest BCUT2D eigenvalue weighted by atomic mass is 16.1. The van der Waals surface area contributed by atoms with Gasteiger partial charge in [-0.15, -0.1) is 11.8 Å². The number of ketones is 1. The molecule has 0 atom stereocenters. The molecule has 70 valence electrons. The van der Waals surface area contributed by atoms with E-state index in [1.807, 2.05) is 13.0 Å². The van der Waals surface area contributed by atoms with Crippen LogP contribution in [0.2, 0.25) is 0 Å². The van der Waals surface area contributed by atoms with Gasteiger partial charge in [0.1, 0.15) is 0 Å². The Balaban J connectivity index is 2.26. The van der Waals surface area contributed by atoms with Gasteiger partial charge in [0.2, 0.25) is 0 Å². The summed E-state index contributed by atoms with van der Waals surface area (Å²) in [6.07, 6.45) is 7.86. The molecule has 0 aromatic rings. The summed E-state index contributed by atoms with van der Waals surface area (Å²) in [7, 11) is 0. The molecule has 0 bridgehead atoms. The lowest BCUT2D eigenvalue weighted by Gasteiger charge is -2.10. The first-order chi connectivity index (χ1) is 6.33. The van der Waals surface area contributed by atoms with Crippen LogP contribution in [0, 0.1) is 11.8 Å². The average molecular weight is 176 g/mol. The maximum absolute atomic E-state index is 11.1. The second-order valence-corrected chi connectivity index (χ2v) is 3.40. The standard InChI is InChI=1S/C12H16O/c1-2-3-4-5-7-11-8-6-9-12(13)10-11/h10H,4-9H2,1H3. The van der Waals surface area contributed by atoms with Gasteiger partial charge in [0.05, 0.1) is 0 Å². The second-order valence-electron chi connectivity index (χ2n) is 3.40. The third-order valence-corrected chi connectivity index (χ3v) is 2.26. The molecule has 0 amide bonds. The van der Waals surface area contributed by atoms with Gasteiger partial charge in [-0.2, -0.15) is 0 Å². The SMILES string of the molecule is CC#CCCCC1=CC(=O)CCC1. The largest absolute Gasteiger partial charge is 0.295 e. The summed E-state index contributed by atoms with van der Waals surface area (Å²) in [5, 5.41) is 0. The minimum atomic E-state index is 0.308. The molecule has 0 N–H and O–H groups in total. The van der Waals surface area contributed by atoms with E-state index in [1.54, 1.807) is 0 Å². The van der Waals surface area contributed by atoms with Crippen LogP contribution in [0.3, 0.4) is 0 Å². The quantitative estimate of drug-likeness (QED) is 0.477. The lowest BCUT2D eigenvalue weighted by molar-refractivity contribution is -0.115. The van der Waals surface area contributed by atoms with Gasteiger partial charge in [0, 0.05) is 12.8 Å². The van der Waals surface area contributed by atoms with E-state index in [2.05, 4.69) is 11.8 Å². The van der Waals surface area contributed by atoms with E-state index in [0.717, 1.165) is 38.5 Å². The molecule has 1 nitrogen and oxygen atoms in total. The number of rotatable bonds is 3. The van der Waals surface area contributed by atoms with E-state index in [-0.39, 0.29) is 0 Å². The Morgan fingerprint density at radius 1 is 1.46 bits per heavy atom. The summed E-state index contributed by atoms with van der Waals surface area (Å²) in [5.74, 6) is 6.22. The van der Waals surface area contributed by atoms with Crippen molar-refractivity contribution in [1.29, 1.82) is 0 Å². The van der Waals surface area contributed by atoms with Crippen LogP contribution < -0.4 is 0 Å². The van der Waals surface area contributed by atoms with Gasteiger partial charge in [-0.1, -0.05) is 5.57 Å². The van der Waals surface area contributed by atoms with Crippen molar-refractivity contribution in [2.45, 2.75) is 45.4 Å². The smallest absolute Gasteiger partial charge is 0.155 e. The summed E-state index contributed by atoms with van der Waals surface area (Å²) in [6, 6.07) is 0. The maximum Gasteiger partial charge on any atom is 0.155 e. The van der Waals surface area contributed by atoms with E-state index < -0.39 is 0 Å². The molecule has 1 aliphatic rings. The van der Waals surface area contributed by atoms with Crippen LogP contribution >= 0.6 is 0 Å². The second kappa shape index (κ2) is 5.59. The van der Waals surface area contributed by atoms with E-state index >= 15 is 0 Å². The van der Waals surface area contributed by atoms with E-state index in [1.165, 1.54) is 5.57 Å². The minimum Gasteiger partial charge on any atom is -0.295 e. The van der Waals surface area contributed by atoms with Crippen LogP contribution in [0.5, 0.6) is 0 Å². The summed E-state index contributed by atoms with van der Waals surface area (Å²) in [6.45, 7) is 1.86. The molecule has 0 fully saturated rings. The molecular formula is C12H16O. The van der Waals surface area contributed by atoms with Gasteiger partial charge in [0.25, 0.3) is 0 Å². The van der Waals surface area contributed by atoms with Crippen molar-refractivity contribution in [2.75, 3.05) is 0 Å². The van der Waals surface area contributed by atoms with Gasteiger partial charge < -0.3 is 0 Å². The summed E-state index contributed by atoms with van der Waals surface area (Å²) in [4.78, 5) is 11.1. The third kappa shape index (κ3) is 3.94. The first-order valence-corrected chi connectivity index (χ1v) is 4.95. The molecule has 0 aromatic carbocycles. The normalized spacial score (nSPS) is 16.1. The van der Waals surface area contributed by atoms with Crippen LogP contribution in [0.25, 0.3) is 0 Å². The fraction of sp³-hybridized carbons (Fsp3) is 0.583. The average Bonchev–Trinajstić information content (AvgIpc) is 2.13. The number of hydrogen-bond acceptors (Lipinski definition) is 1. The zero-order valence-electron chi connectivity index (χ0n) is 8.23. The highest BCUT2D eigenvalue weighted by Crippen LogP contribution is 2.19. The highest BCUT2D eigenvalue weighted by Gasteiger charge is 2.08. The monoisotopic (exact) mass is 176 g/mol. The molecule has 0 unspecified atom stereocenters. The molecule has 0 heterocycles. The molecule has 0 aliphatic heterocycles. The molecular weight excluding hydrogens is 160 g/mol. The summed E-state index contributed by atoms with van der Waals surface area (Å²) >= 11 is 0. The van der Waals surface area contributed by atoms with Crippen molar-refractivity contribution in [2.24, 2.45) is 0 Å². The number of carbonyl (C=O) groups is 1. The zero-order chi connectivity index (χ0) is 9.52. The Hall–Kier alpha value is -1.03. The zero-order valence-corrected chi connectivity index (χ0v) is 8.23. The minimum absolute atomic E-state index is 0.308. The molecule has 0 saturated heterocycles. The number of carbonyl (C=O) groups excluding carboxylic acids is 1. The van der Waals surface area contributed by atoms with Gasteiger partial charge in [-0.25, -0.2) is 0 Å². The predicted molar refractivity (Wildman–Crippen MR) is 54.2 cm³/mol. The van der Waals surface area contributed by atoms with Gasteiger partial charge >= 0.3 is 0 Å². The lowest BCUT2D eigenvalue weighted by atomic mass is 9.95. The molecule has 13 heavy (non-hydrogen) atoms. The fourth-order valence-electron chi connectivity index (χ4n) is 1.59. The van der Waals surface area contributed by atoms with Gasteiger partial charge in [0.15, 0.2) is 5.78 Å². The highest BCUT2D eigenvalue weighted by molar-refractivity contribution is 5.91. The molecule has 1 rings (SSSR count). The van der Waals surface area contributed by atoms with Crippen molar-refractivity contribution in [3.05, 3.63) is 11.6 Å². The Kier molecular flexibility index (Phi) is 4.32. The van der Waals surface area contributed by atoms with Crippen molar-refractivity contribution in [3.8, 4) is 11.8 Å². The molecule has 1 aliphatic carbocycles. The first kappa shape index (κ1) is 10.1. The summed E-state index contributed by atoms with van der Waals surface area (Å²) < 4.78 is 0. The molecule has 0 radical (unpaired) electrons. The Morgan fingerprint density at radius 3 is 3.00 bits per heavy atom. The third-order valence-electron chi connectivity index (χ3n) is 2.26. The number of unbranched alkanes of at least 4 members (excludes halogenated alkanes) is 1. The van der Waals surface area contributed by atoms with Crippen molar-refractivity contribution < 1.29 is 4.79 Å². The van der Waals surface area contributed by atoms with Crippen LogP contribution in [-0.2, 0) is 4.79 Å². The Morgan fingerprint density at radius 2 is 2.31 bits per heavy atom. The van der Waals surface area contributed by atoms with Crippen LogP contribution in [0.15, 0.2) is 11.6 Å². The fourth-order valence-corrected chi connectivity index (χ4v) is 1.59. The van der Waals surface area contributed by atoms with Crippen LogP contribution in [0.4, 0.5) is 0 Å². The van der Waals surface area contributed by atoms with Gasteiger partial charge in [-0.05, 0) is 38.7 Å². The van der Waals surface area contributed by atoms with Crippen molar-refractivity contribution >= 4 is 5.78 Å². The van der Waals surface area contributed by atoms with E-state index in [0.29, 0.717) is 5.78 Å². The number of allylic oxidation sites excluding steroid dienone is 2. The van der Waals surface area contributed by atoms with E-state index in [4.69, 9.17) is 0 Å². The Bertz CT molecular complexity index is 263. The summed E-state index contributed by atoms with van der Waals surface area (Å²) in [5.41, 5.74) is 1.33. The molecule has 0 spiro atoms. The molecule has 0 aromatic heterocycles. The Labute approximate surface area is 80.2 Å². The van der Waals surface area contributed by atoms with Crippen LogP contribution in [0.1, 0.15) is 45.4 Å². The first-order valence-electron chi connectivity index (χ1n) is 4.95. The van der Waals surface area contributed by atoms with Crippen molar-refractivity contribution in [1.82, 2.24) is 0 Å². The topological polar surface area (TPSA) is 17.1 Å². The van der Waals surface area contributed by atoms with Crippen molar-refractivity contribution in [3.63, 3.8) is 0 Å². The number of hydrogen-bond donors (Lipinski definition) is 0. The molecule has 0 saturated carbocycles. The van der Waals surface area contributed by atoms with Gasteiger partial charge in [-0.3, -0.25) is 4.79 Å². The van der Waals surface area contributed by atoms with Crippen LogP contribution in [-0.4, -0.2) is 5.78 Å². The van der Waals surface area contributed by atoms with E-state index in [9.17, 15) is 4.79 Å².